The molecule has 3 rings (SSSR count). The van der Waals surface area contributed by atoms with Gasteiger partial charge in [-0.2, -0.15) is 0 Å². The minimum Gasteiger partial charge on any atom is -0.488 e. The molecular weight excluding hydrogens is 307 g/mol. The van der Waals surface area contributed by atoms with Crippen LogP contribution in [-0.4, -0.2) is 19.3 Å². The summed E-state index contributed by atoms with van der Waals surface area (Å²) in [4.78, 5) is 0. The molecule has 0 aromatic heterocycles. The van der Waals surface area contributed by atoms with Crippen LogP contribution in [0.5, 0.6) is 5.75 Å². The van der Waals surface area contributed by atoms with Gasteiger partial charge in [-0.3, -0.25) is 0 Å². The van der Waals surface area contributed by atoms with E-state index in [1.807, 2.05) is 24.3 Å². The molecule has 0 spiro atoms. The van der Waals surface area contributed by atoms with E-state index in [2.05, 4.69) is 12.1 Å². The first-order valence-corrected chi connectivity index (χ1v) is 7.73. The van der Waals surface area contributed by atoms with E-state index in [0.29, 0.717) is 11.6 Å². The van der Waals surface area contributed by atoms with Crippen molar-refractivity contribution in [1.82, 2.24) is 0 Å². The standard InChI is InChI=1S/C17H16Cl2O2/c18-14-3-6-17(19)13(10-14)9-12-1-4-15(5-2-12)21-16-7-8-20-11-16/h1-6,10,16H,7-9,11H2/t16-/m0/s1. The van der Waals surface area contributed by atoms with Crippen LogP contribution in [0.4, 0.5) is 0 Å². The summed E-state index contributed by atoms with van der Waals surface area (Å²) in [6.45, 7) is 1.47. The van der Waals surface area contributed by atoms with Crippen LogP contribution in [0, 0.1) is 0 Å². The molecule has 110 valence electrons. The fourth-order valence-electron chi connectivity index (χ4n) is 2.38. The van der Waals surface area contributed by atoms with E-state index in [-0.39, 0.29) is 6.10 Å². The van der Waals surface area contributed by atoms with E-state index in [1.165, 1.54) is 5.56 Å². The van der Waals surface area contributed by atoms with Gasteiger partial charge in [0.05, 0.1) is 13.2 Å². The lowest BCUT2D eigenvalue weighted by atomic mass is 10.0. The minimum atomic E-state index is 0.179. The van der Waals surface area contributed by atoms with Gasteiger partial charge in [0.15, 0.2) is 0 Å². The molecule has 2 nitrogen and oxygen atoms in total. The van der Waals surface area contributed by atoms with Crippen molar-refractivity contribution in [3.05, 3.63) is 63.6 Å². The van der Waals surface area contributed by atoms with E-state index in [4.69, 9.17) is 32.7 Å². The Labute approximate surface area is 134 Å². The van der Waals surface area contributed by atoms with Gasteiger partial charge in [0.25, 0.3) is 0 Å². The summed E-state index contributed by atoms with van der Waals surface area (Å²) in [5.41, 5.74) is 2.20. The molecule has 0 aliphatic carbocycles. The highest BCUT2D eigenvalue weighted by Crippen LogP contribution is 2.24. The zero-order chi connectivity index (χ0) is 14.7. The topological polar surface area (TPSA) is 18.5 Å². The Morgan fingerprint density at radius 1 is 1.10 bits per heavy atom. The van der Waals surface area contributed by atoms with Crippen LogP contribution in [0.15, 0.2) is 42.5 Å². The van der Waals surface area contributed by atoms with E-state index >= 15 is 0 Å². The molecule has 2 aromatic carbocycles. The Kier molecular flexibility index (Phi) is 4.69. The summed E-state index contributed by atoms with van der Waals surface area (Å²) in [6.07, 6.45) is 1.89. The number of hydrogen-bond acceptors (Lipinski definition) is 2. The van der Waals surface area contributed by atoms with Crippen LogP contribution in [0.2, 0.25) is 10.0 Å². The highest BCUT2D eigenvalue weighted by molar-refractivity contribution is 6.33. The number of ether oxygens (including phenoxy) is 2. The van der Waals surface area contributed by atoms with E-state index in [1.54, 1.807) is 6.07 Å². The SMILES string of the molecule is Clc1ccc(Cl)c(Cc2ccc(O[C@H]3CCOC3)cc2)c1. The Morgan fingerprint density at radius 3 is 2.62 bits per heavy atom. The van der Waals surface area contributed by atoms with Crippen LogP contribution in [0.3, 0.4) is 0 Å². The number of hydrogen-bond donors (Lipinski definition) is 0. The average Bonchev–Trinajstić information content (AvgIpc) is 2.98. The summed E-state index contributed by atoms with van der Waals surface area (Å²) in [7, 11) is 0. The van der Waals surface area contributed by atoms with Gasteiger partial charge >= 0.3 is 0 Å². The third kappa shape index (κ3) is 3.91. The van der Waals surface area contributed by atoms with Crippen molar-refractivity contribution < 1.29 is 9.47 Å². The van der Waals surface area contributed by atoms with Crippen molar-refractivity contribution in [3.63, 3.8) is 0 Å². The number of halogens is 2. The lowest BCUT2D eigenvalue weighted by Gasteiger charge is -2.12. The second-order valence-corrected chi connectivity index (χ2v) is 6.00. The minimum absolute atomic E-state index is 0.179. The Bertz CT molecular complexity index is 605. The Morgan fingerprint density at radius 2 is 1.90 bits per heavy atom. The predicted octanol–water partition coefficient (Wildman–Crippen LogP) is 4.75. The number of rotatable bonds is 4. The quantitative estimate of drug-likeness (QED) is 0.808. The molecule has 1 aliphatic heterocycles. The summed E-state index contributed by atoms with van der Waals surface area (Å²) >= 11 is 12.2. The van der Waals surface area contributed by atoms with Crippen LogP contribution in [0.25, 0.3) is 0 Å². The first-order valence-electron chi connectivity index (χ1n) is 6.98. The van der Waals surface area contributed by atoms with Gasteiger partial charge in [-0.1, -0.05) is 35.3 Å². The van der Waals surface area contributed by atoms with Crippen molar-refractivity contribution in [1.29, 1.82) is 0 Å². The first kappa shape index (κ1) is 14.7. The third-order valence-corrected chi connectivity index (χ3v) is 4.12. The van der Waals surface area contributed by atoms with Gasteiger partial charge in [0.2, 0.25) is 0 Å². The molecule has 2 aromatic rings. The van der Waals surface area contributed by atoms with Crippen LogP contribution in [-0.2, 0) is 11.2 Å². The molecule has 21 heavy (non-hydrogen) atoms. The van der Waals surface area contributed by atoms with Gasteiger partial charge in [0.1, 0.15) is 11.9 Å². The zero-order valence-electron chi connectivity index (χ0n) is 11.5. The van der Waals surface area contributed by atoms with E-state index in [0.717, 1.165) is 35.8 Å². The molecule has 0 unspecified atom stereocenters. The molecule has 4 heteroatoms. The molecule has 0 amide bonds. The van der Waals surface area contributed by atoms with E-state index < -0.39 is 0 Å². The molecule has 1 atom stereocenters. The second-order valence-electron chi connectivity index (χ2n) is 5.16. The van der Waals surface area contributed by atoms with Crippen molar-refractivity contribution in [2.45, 2.75) is 18.9 Å². The molecule has 0 saturated carbocycles. The van der Waals surface area contributed by atoms with Crippen LogP contribution in [0.1, 0.15) is 17.5 Å². The van der Waals surface area contributed by atoms with Gasteiger partial charge in [0, 0.05) is 16.5 Å². The Hall–Kier alpha value is -1.22. The van der Waals surface area contributed by atoms with Crippen LogP contribution >= 0.6 is 23.2 Å². The maximum absolute atomic E-state index is 6.19. The molecular formula is C17H16Cl2O2. The summed E-state index contributed by atoms with van der Waals surface area (Å²) in [6, 6.07) is 13.6. The lowest BCUT2D eigenvalue weighted by Crippen LogP contribution is -2.15. The summed E-state index contributed by atoms with van der Waals surface area (Å²) in [5, 5.41) is 1.44. The highest BCUT2D eigenvalue weighted by Gasteiger charge is 2.16. The fourth-order valence-corrected chi connectivity index (χ4v) is 2.76. The van der Waals surface area contributed by atoms with Gasteiger partial charge in [-0.05, 0) is 47.9 Å². The predicted molar refractivity (Wildman–Crippen MR) is 85.6 cm³/mol. The van der Waals surface area contributed by atoms with Crippen molar-refractivity contribution >= 4 is 23.2 Å². The molecule has 1 aliphatic rings. The Balaban J connectivity index is 1.67. The first-order chi connectivity index (χ1) is 10.2. The average molecular weight is 323 g/mol. The maximum Gasteiger partial charge on any atom is 0.124 e. The zero-order valence-corrected chi connectivity index (χ0v) is 13.0. The monoisotopic (exact) mass is 322 g/mol. The molecule has 0 N–H and O–H groups in total. The largest absolute Gasteiger partial charge is 0.488 e. The molecule has 0 bridgehead atoms. The molecule has 1 fully saturated rings. The normalized spacial score (nSPS) is 17.9. The van der Waals surface area contributed by atoms with Crippen molar-refractivity contribution in [2.75, 3.05) is 13.2 Å². The molecule has 1 heterocycles. The maximum atomic E-state index is 6.19. The number of benzene rings is 2. The van der Waals surface area contributed by atoms with Crippen molar-refractivity contribution in [2.24, 2.45) is 0 Å². The van der Waals surface area contributed by atoms with Crippen LogP contribution < -0.4 is 4.74 Å². The summed E-state index contributed by atoms with van der Waals surface area (Å²) < 4.78 is 11.2. The lowest BCUT2D eigenvalue weighted by molar-refractivity contribution is 0.141. The summed E-state index contributed by atoms with van der Waals surface area (Å²) in [5.74, 6) is 0.881. The smallest absolute Gasteiger partial charge is 0.124 e. The third-order valence-electron chi connectivity index (χ3n) is 3.52. The molecule has 0 radical (unpaired) electrons. The molecule has 1 saturated heterocycles. The second kappa shape index (κ2) is 6.69. The van der Waals surface area contributed by atoms with Gasteiger partial charge in [-0.15, -0.1) is 0 Å². The van der Waals surface area contributed by atoms with Gasteiger partial charge < -0.3 is 9.47 Å². The van der Waals surface area contributed by atoms with E-state index in [9.17, 15) is 0 Å². The fraction of sp³-hybridized carbons (Fsp3) is 0.294. The van der Waals surface area contributed by atoms with Gasteiger partial charge in [-0.25, -0.2) is 0 Å². The van der Waals surface area contributed by atoms with Crippen molar-refractivity contribution in [3.8, 4) is 5.75 Å². The highest BCUT2D eigenvalue weighted by atomic mass is 35.5.